The average Bonchev–Trinajstić information content (AvgIpc) is 3.26. The van der Waals surface area contributed by atoms with Crippen LogP contribution in [-0.4, -0.2) is 23.9 Å². The van der Waals surface area contributed by atoms with E-state index in [0.29, 0.717) is 6.42 Å². The minimum absolute atomic E-state index is 0.0707. The summed E-state index contributed by atoms with van der Waals surface area (Å²) >= 11 is 0. The van der Waals surface area contributed by atoms with Crippen LogP contribution in [-0.2, 0) is 11.2 Å². The highest BCUT2D eigenvalue weighted by Gasteiger charge is 2.38. The van der Waals surface area contributed by atoms with E-state index in [2.05, 4.69) is 24.3 Å². The van der Waals surface area contributed by atoms with Gasteiger partial charge in [0.15, 0.2) is 0 Å². The fourth-order valence-electron chi connectivity index (χ4n) is 2.61. The average molecular weight is 254 g/mol. The van der Waals surface area contributed by atoms with Crippen LogP contribution >= 0.6 is 0 Å². The van der Waals surface area contributed by atoms with Crippen molar-refractivity contribution >= 4 is 0 Å². The summed E-state index contributed by atoms with van der Waals surface area (Å²) in [6.45, 7) is 0.755. The van der Waals surface area contributed by atoms with Gasteiger partial charge in [-0.1, -0.05) is 60.7 Å². The lowest BCUT2D eigenvalue weighted by Crippen LogP contribution is -2.25. The third kappa shape index (κ3) is 3.03. The number of ether oxygens (including phenoxy) is 1. The quantitative estimate of drug-likeness (QED) is 0.832. The van der Waals surface area contributed by atoms with Gasteiger partial charge in [0.1, 0.15) is 0 Å². The Morgan fingerprint density at radius 3 is 2.16 bits per heavy atom. The lowest BCUT2D eigenvalue weighted by Gasteiger charge is -2.22. The first-order valence-electron chi connectivity index (χ1n) is 6.73. The Hall–Kier alpha value is -1.64. The maximum absolute atomic E-state index is 10.5. The van der Waals surface area contributed by atoms with Gasteiger partial charge in [0.2, 0.25) is 0 Å². The molecule has 3 atom stereocenters. The Balaban J connectivity index is 1.77. The second-order valence-corrected chi connectivity index (χ2v) is 5.07. The van der Waals surface area contributed by atoms with Crippen molar-refractivity contribution < 1.29 is 9.84 Å². The van der Waals surface area contributed by atoms with Crippen molar-refractivity contribution in [2.45, 2.75) is 24.5 Å². The molecule has 2 aromatic rings. The molecule has 1 N–H and O–H groups in total. The molecule has 0 amide bonds. The van der Waals surface area contributed by atoms with Crippen LogP contribution in [0.25, 0.3) is 0 Å². The number of aliphatic hydroxyl groups excluding tert-OH is 1. The largest absolute Gasteiger partial charge is 0.392 e. The molecule has 1 heterocycles. The molecule has 1 aliphatic rings. The molecule has 2 nitrogen and oxygen atoms in total. The standard InChI is InChI=1S/C17H18O2/c18-15(11-13-7-3-1-4-8-13)17(16-12-19-16)14-9-5-2-6-10-14/h1-10,15-18H,11-12H2/t15-,16+,17-/m1/s1. The lowest BCUT2D eigenvalue weighted by atomic mass is 9.87. The minimum Gasteiger partial charge on any atom is -0.392 e. The maximum atomic E-state index is 10.5. The normalized spacial score (nSPS) is 20.8. The predicted molar refractivity (Wildman–Crippen MR) is 75.1 cm³/mol. The van der Waals surface area contributed by atoms with Crippen LogP contribution < -0.4 is 0 Å². The smallest absolute Gasteiger partial charge is 0.0903 e. The van der Waals surface area contributed by atoms with E-state index in [-0.39, 0.29) is 12.0 Å². The van der Waals surface area contributed by atoms with E-state index in [1.165, 1.54) is 0 Å². The summed E-state index contributed by atoms with van der Waals surface area (Å²) in [5, 5.41) is 10.5. The molecule has 0 aromatic heterocycles. The third-order valence-corrected chi connectivity index (χ3v) is 3.65. The molecular formula is C17H18O2. The summed E-state index contributed by atoms with van der Waals surface area (Å²) < 4.78 is 5.42. The van der Waals surface area contributed by atoms with E-state index in [0.717, 1.165) is 17.7 Å². The molecule has 98 valence electrons. The Morgan fingerprint density at radius 1 is 1.00 bits per heavy atom. The van der Waals surface area contributed by atoms with Gasteiger partial charge in [-0.2, -0.15) is 0 Å². The fourth-order valence-corrected chi connectivity index (χ4v) is 2.61. The van der Waals surface area contributed by atoms with Crippen LogP contribution in [0.1, 0.15) is 17.0 Å². The van der Waals surface area contributed by atoms with Crippen LogP contribution in [0, 0.1) is 0 Å². The number of hydrogen-bond donors (Lipinski definition) is 1. The molecule has 0 spiro atoms. The Morgan fingerprint density at radius 2 is 1.58 bits per heavy atom. The number of benzene rings is 2. The van der Waals surface area contributed by atoms with Crippen LogP contribution in [0.5, 0.6) is 0 Å². The molecule has 19 heavy (non-hydrogen) atoms. The third-order valence-electron chi connectivity index (χ3n) is 3.65. The van der Waals surface area contributed by atoms with E-state index < -0.39 is 6.10 Å². The van der Waals surface area contributed by atoms with Crippen molar-refractivity contribution in [1.82, 2.24) is 0 Å². The first kappa shape index (κ1) is 12.4. The molecule has 0 radical (unpaired) electrons. The van der Waals surface area contributed by atoms with Gasteiger partial charge in [-0.15, -0.1) is 0 Å². The second-order valence-electron chi connectivity index (χ2n) is 5.07. The van der Waals surface area contributed by atoms with Crippen molar-refractivity contribution in [2.75, 3.05) is 6.61 Å². The number of rotatable bonds is 5. The van der Waals surface area contributed by atoms with Gasteiger partial charge in [0.05, 0.1) is 18.8 Å². The number of epoxide rings is 1. The van der Waals surface area contributed by atoms with Crippen molar-refractivity contribution in [3.63, 3.8) is 0 Å². The van der Waals surface area contributed by atoms with Crippen molar-refractivity contribution in [3.8, 4) is 0 Å². The zero-order valence-electron chi connectivity index (χ0n) is 10.8. The van der Waals surface area contributed by atoms with Gasteiger partial charge >= 0.3 is 0 Å². The zero-order chi connectivity index (χ0) is 13.1. The molecule has 0 unspecified atom stereocenters. The summed E-state index contributed by atoms with van der Waals surface area (Å²) in [4.78, 5) is 0. The fraction of sp³-hybridized carbons (Fsp3) is 0.294. The van der Waals surface area contributed by atoms with Gasteiger partial charge in [0.25, 0.3) is 0 Å². The van der Waals surface area contributed by atoms with Crippen molar-refractivity contribution in [3.05, 3.63) is 71.8 Å². The first-order valence-corrected chi connectivity index (χ1v) is 6.73. The van der Waals surface area contributed by atoms with Crippen LogP contribution in [0.15, 0.2) is 60.7 Å². The van der Waals surface area contributed by atoms with Gasteiger partial charge in [-0.05, 0) is 17.5 Å². The van der Waals surface area contributed by atoms with Crippen LogP contribution in [0.2, 0.25) is 0 Å². The van der Waals surface area contributed by atoms with Crippen LogP contribution in [0.4, 0.5) is 0 Å². The predicted octanol–water partition coefficient (Wildman–Crippen LogP) is 2.77. The minimum atomic E-state index is -0.405. The second kappa shape index (κ2) is 5.55. The Labute approximate surface area is 113 Å². The van der Waals surface area contributed by atoms with E-state index in [9.17, 15) is 5.11 Å². The highest BCUT2D eigenvalue weighted by atomic mass is 16.6. The lowest BCUT2D eigenvalue weighted by molar-refractivity contribution is 0.127. The highest BCUT2D eigenvalue weighted by Crippen LogP contribution is 2.33. The molecular weight excluding hydrogens is 236 g/mol. The van der Waals surface area contributed by atoms with Crippen molar-refractivity contribution in [1.29, 1.82) is 0 Å². The highest BCUT2D eigenvalue weighted by molar-refractivity contribution is 5.25. The van der Waals surface area contributed by atoms with E-state index in [1.807, 2.05) is 36.4 Å². The molecule has 2 aromatic carbocycles. The summed E-state index contributed by atoms with van der Waals surface area (Å²) in [6, 6.07) is 20.3. The molecule has 1 aliphatic heterocycles. The summed E-state index contributed by atoms with van der Waals surface area (Å²) in [6.07, 6.45) is 0.429. The van der Waals surface area contributed by atoms with Crippen molar-refractivity contribution in [2.24, 2.45) is 0 Å². The maximum Gasteiger partial charge on any atom is 0.0903 e. The molecule has 0 bridgehead atoms. The number of hydrogen-bond acceptors (Lipinski definition) is 2. The van der Waals surface area contributed by atoms with E-state index in [4.69, 9.17) is 4.74 Å². The molecule has 1 saturated heterocycles. The molecule has 0 saturated carbocycles. The SMILES string of the molecule is O[C@H](Cc1ccccc1)[C@@H](c1ccccc1)[C@@H]1CO1. The summed E-state index contributed by atoms with van der Waals surface area (Å²) in [5.74, 6) is 0.0707. The van der Waals surface area contributed by atoms with Gasteiger partial charge in [0, 0.05) is 5.92 Å². The van der Waals surface area contributed by atoms with Gasteiger partial charge in [-0.3, -0.25) is 0 Å². The van der Waals surface area contributed by atoms with Gasteiger partial charge in [-0.25, -0.2) is 0 Å². The molecule has 3 rings (SSSR count). The van der Waals surface area contributed by atoms with Gasteiger partial charge < -0.3 is 9.84 Å². The Kier molecular flexibility index (Phi) is 3.62. The topological polar surface area (TPSA) is 32.8 Å². The molecule has 1 fully saturated rings. The van der Waals surface area contributed by atoms with Crippen LogP contribution in [0.3, 0.4) is 0 Å². The summed E-state index contributed by atoms with van der Waals surface area (Å²) in [5.41, 5.74) is 2.32. The molecule has 2 heteroatoms. The Bertz CT molecular complexity index is 505. The van der Waals surface area contributed by atoms with E-state index in [1.54, 1.807) is 0 Å². The monoisotopic (exact) mass is 254 g/mol. The zero-order valence-corrected chi connectivity index (χ0v) is 10.8. The number of aliphatic hydroxyl groups is 1. The van der Waals surface area contributed by atoms with E-state index >= 15 is 0 Å². The summed E-state index contributed by atoms with van der Waals surface area (Å²) in [7, 11) is 0. The molecule has 0 aliphatic carbocycles. The first-order chi connectivity index (χ1) is 9.34.